The van der Waals surface area contributed by atoms with Crippen LogP contribution in [0.15, 0.2) is 21.6 Å². The van der Waals surface area contributed by atoms with E-state index < -0.39 is 15.4 Å². The second-order valence-corrected chi connectivity index (χ2v) is 6.89. The average Bonchev–Trinajstić information content (AvgIpc) is 2.87. The minimum absolute atomic E-state index is 0.0169. The highest BCUT2D eigenvalue weighted by atomic mass is 32.2. The van der Waals surface area contributed by atoms with Crippen LogP contribution in [0.1, 0.15) is 37.9 Å². The van der Waals surface area contributed by atoms with Gasteiger partial charge in [0.25, 0.3) is 0 Å². The van der Waals surface area contributed by atoms with Crippen LogP contribution in [0.4, 0.5) is 0 Å². The molecule has 1 aromatic rings. The summed E-state index contributed by atoms with van der Waals surface area (Å²) < 4.78 is 34.3. The molecule has 19 heavy (non-hydrogen) atoms. The summed E-state index contributed by atoms with van der Waals surface area (Å²) in [5.41, 5.74) is -0.562. The lowest BCUT2D eigenvalue weighted by molar-refractivity contribution is -0.0771. The normalized spacial score (nSPS) is 18.9. The highest BCUT2D eigenvalue weighted by molar-refractivity contribution is 7.90. The van der Waals surface area contributed by atoms with E-state index in [1.807, 2.05) is 0 Å². The molecule has 104 valence electrons. The summed E-state index contributed by atoms with van der Waals surface area (Å²) in [7, 11) is -3.33. The number of hydrogen-bond donors (Lipinski definition) is 0. The van der Waals surface area contributed by atoms with Crippen molar-refractivity contribution in [2.75, 3.05) is 12.9 Å². The van der Waals surface area contributed by atoms with Gasteiger partial charge in [-0.25, -0.2) is 8.42 Å². The van der Waals surface area contributed by atoms with E-state index in [-0.39, 0.29) is 11.7 Å². The molecule has 1 aliphatic carbocycles. The molecule has 0 aliphatic heterocycles. The predicted octanol–water partition coefficient (Wildman–Crippen LogP) is 2.49. The SMILES string of the molecule is C#CCOC1(c2ccc(S(C)(=O)=O)o2)CCCCC1. The second kappa shape index (κ2) is 5.40. The van der Waals surface area contributed by atoms with Crippen LogP contribution in [0.25, 0.3) is 0 Å². The molecule has 1 aliphatic rings. The third-order valence-corrected chi connectivity index (χ3v) is 4.44. The zero-order valence-corrected chi connectivity index (χ0v) is 11.8. The Hall–Kier alpha value is -1.25. The van der Waals surface area contributed by atoms with Crippen molar-refractivity contribution in [3.63, 3.8) is 0 Å². The zero-order valence-electron chi connectivity index (χ0n) is 11.0. The first-order valence-corrected chi connectivity index (χ1v) is 8.25. The van der Waals surface area contributed by atoms with E-state index >= 15 is 0 Å². The molecule has 0 N–H and O–H groups in total. The molecular weight excluding hydrogens is 264 g/mol. The first-order chi connectivity index (χ1) is 8.98. The molecule has 0 spiro atoms. The number of ether oxygens (including phenoxy) is 1. The van der Waals surface area contributed by atoms with Crippen molar-refractivity contribution in [1.82, 2.24) is 0 Å². The van der Waals surface area contributed by atoms with Gasteiger partial charge in [0, 0.05) is 6.26 Å². The van der Waals surface area contributed by atoms with E-state index in [0.29, 0.717) is 5.76 Å². The number of sulfone groups is 1. The van der Waals surface area contributed by atoms with Crippen LogP contribution in [0.2, 0.25) is 0 Å². The molecule has 0 bridgehead atoms. The van der Waals surface area contributed by atoms with E-state index in [1.54, 1.807) is 6.07 Å². The second-order valence-electron chi connectivity index (χ2n) is 4.94. The van der Waals surface area contributed by atoms with Crippen molar-refractivity contribution in [3.05, 3.63) is 17.9 Å². The largest absolute Gasteiger partial charge is 0.447 e. The predicted molar refractivity (Wildman–Crippen MR) is 71.4 cm³/mol. The van der Waals surface area contributed by atoms with Gasteiger partial charge >= 0.3 is 0 Å². The Morgan fingerprint density at radius 2 is 2.05 bits per heavy atom. The van der Waals surface area contributed by atoms with Crippen molar-refractivity contribution in [2.24, 2.45) is 0 Å². The molecule has 1 aromatic heterocycles. The fourth-order valence-corrected chi connectivity index (χ4v) is 3.09. The maximum absolute atomic E-state index is 11.5. The molecule has 0 radical (unpaired) electrons. The van der Waals surface area contributed by atoms with Gasteiger partial charge in [-0.2, -0.15) is 0 Å². The quantitative estimate of drug-likeness (QED) is 0.796. The van der Waals surface area contributed by atoms with E-state index in [1.165, 1.54) is 6.07 Å². The lowest BCUT2D eigenvalue weighted by Crippen LogP contribution is -2.32. The van der Waals surface area contributed by atoms with Gasteiger partial charge in [0.1, 0.15) is 18.0 Å². The van der Waals surface area contributed by atoms with Crippen LogP contribution in [-0.2, 0) is 20.2 Å². The lowest BCUT2D eigenvalue weighted by Gasteiger charge is -2.34. The fraction of sp³-hybridized carbons (Fsp3) is 0.571. The van der Waals surface area contributed by atoms with Crippen molar-refractivity contribution < 1.29 is 17.6 Å². The molecule has 5 heteroatoms. The molecule has 2 rings (SSSR count). The molecule has 4 nitrogen and oxygen atoms in total. The molecular formula is C14H18O4S. The highest BCUT2D eigenvalue weighted by Crippen LogP contribution is 2.41. The summed E-state index contributed by atoms with van der Waals surface area (Å²) >= 11 is 0. The summed E-state index contributed by atoms with van der Waals surface area (Å²) in [6.45, 7) is 0.203. The third-order valence-electron chi connectivity index (χ3n) is 3.49. The molecule has 0 unspecified atom stereocenters. The first kappa shape index (κ1) is 14.2. The number of rotatable bonds is 4. The van der Waals surface area contributed by atoms with Gasteiger partial charge in [-0.1, -0.05) is 25.2 Å². The smallest absolute Gasteiger partial charge is 0.218 e. The van der Waals surface area contributed by atoms with E-state index in [9.17, 15) is 8.42 Å². The Bertz CT molecular complexity index is 571. The molecule has 0 aromatic carbocycles. The minimum atomic E-state index is -3.33. The van der Waals surface area contributed by atoms with Crippen LogP contribution in [0, 0.1) is 12.3 Å². The summed E-state index contributed by atoms with van der Waals surface area (Å²) in [5.74, 6) is 3.04. The van der Waals surface area contributed by atoms with Crippen LogP contribution < -0.4 is 0 Å². The van der Waals surface area contributed by atoms with Gasteiger partial charge in [-0.3, -0.25) is 0 Å². The van der Waals surface area contributed by atoms with Crippen LogP contribution in [0.3, 0.4) is 0 Å². The lowest BCUT2D eigenvalue weighted by atomic mass is 9.83. The van der Waals surface area contributed by atoms with Crippen LogP contribution >= 0.6 is 0 Å². The van der Waals surface area contributed by atoms with Crippen molar-refractivity contribution in [1.29, 1.82) is 0 Å². The van der Waals surface area contributed by atoms with Crippen LogP contribution in [0.5, 0.6) is 0 Å². The number of terminal acetylenes is 1. The molecule has 1 fully saturated rings. The molecule has 1 heterocycles. The van der Waals surface area contributed by atoms with Crippen molar-refractivity contribution in [3.8, 4) is 12.3 Å². The highest BCUT2D eigenvalue weighted by Gasteiger charge is 2.38. The Morgan fingerprint density at radius 3 is 2.58 bits per heavy atom. The van der Waals surface area contributed by atoms with Gasteiger partial charge in [-0.15, -0.1) is 6.42 Å². The maximum Gasteiger partial charge on any atom is 0.218 e. The number of furan rings is 1. The van der Waals surface area contributed by atoms with Gasteiger partial charge in [0.15, 0.2) is 0 Å². The van der Waals surface area contributed by atoms with Crippen LogP contribution in [-0.4, -0.2) is 21.3 Å². The summed E-state index contributed by atoms with van der Waals surface area (Å²) in [6, 6.07) is 3.18. The summed E-state index contributed by atoms with van der Waals surface area (Å²) in [6.07, 6.45) is 11.2. The molecule has 0 saturated heterocycles. The van der Waals surface area contributed by atoms with Crippen molar-refractivity contribution >= 4 is 9.84 Å². The van der Waals surface area contributed by atoms with Gasteiger partial charge < -0.3 is 9.15 Å². The van der Waals surface area contributed by atoms with Gasteiger partial charge in [0.2, 0.25) is 14.9 Å². The molecule has 1 saturated carbocycles. The Kier molecular flexibility index (Phi) is 4.02. The Morgan fingerprint density at radius 1 is 1.37 bits per heavy atom. The van der Waals surface area contributed by atoms with E-state index in [2.05, 4.69) is 5.92 Å². The van der Waals surface area contributed by atoms with Gasteiger partial charge in [-0.05, 0) is 25.0 Å². The molecule has 0 atom stereocenters. The van der Waals surface area contributed by atoms with Gasteiger partial charge in [0.05, 0.1) is 0 Å². The van der Waals surface area contributed by atoms with Crippen molar-refractivity contribution in [2.45, 2.75) is 42.8 Å². The Labute approximate surface area is 114 Å². The summed E-state index contributed by atoms with van der Waals surface area (Å²) in [5, 5.41) is -0.0169. The molecule has 0 amide bonds. The zero-order chi connectivity index (χ0) is 13.9. The monoisotopic (exact) mass is 282 g/mol. The fourth-order valence-electron chi connectivity index (χ4n) is 2.53. The Balaban J connectivity index is 2.33. The van der Waals surface area contributed by atoms with E-state index in [0.717, 1.165) is 38.4 Å². The van der Waals surface area contributed by atoms with E-state index in [4.69, 9.17) is 15.6 Å². The average molecular weight is 282 g/mol. The topological polar surface area (TPSA) is 56.5 Å². The minimum Gasteiger partial charge on any atom is -0.447 e. The maximum atomic E-state index is 11.5. The first-order valence-electron chi connectivity index (χ1n) is 6.36. The summed E-state index contributed by atoms with van der Waals surface area (Å²) in [4.78, 5) is 0. The number of hydrogen-bond acceptors (Lipinski definition) is 4. The third kappa shape index (κ3) is 3.02. The standard InChI is InChI=1S/C14H18O4S/c1-3-11-17-14(9-5-4-6-10-14)12-7-8-13(18-12)19(2,15)16/h1,7-8H,4-6,9-11H2,2H3.